The zero-order chi connectivity index (χ0) is 12.3. The minimum absolute atomic E-state index is 0.296. The quantitative estimate of drug-likeness (QED) is 0.825. The molecule has 17 heavy (non-hydrogen) atoms. The van der Waals surface area contributed by atoms with Gasteiger partial charge in [0.05, 0.1) is 18.2 Å². The van der Waals surface area contributed by atoms with E-state index in [2.05, 4.69) is 11.9 Å². The van der Waals surface area contributed by atoms with E-state index in [1.165, 1.54) is 6.08 Å². The van der Waals surface area contributed by atoms with Crippen LogP contribution in [0, 0.1) is 0 Å². The molecule has 0 spiro atoms. The first-order chi connectivity index (χ1) is 8.20. The van der Waals surface area contributed by atoms with Crippen LogP contribution in [0.15, 0.2) is 24.8 Å². The van der Waals surface area contributed by atoms with Crippen molar-refractivity contribution in [1.82, 2.24) is 0 Å². The molecule has 0 unspecified atom stereocenters. The molecule has 0 aliphatic carbocycles. The van der Waals surface area contributed by atoms with Crippen LogP contribution in [0.3, 0.4) is 0 Å². The maximum atomic E-state index is 11.2. The lowest BCUT2D eigenvalue weighted by atomic mass is 10.2. The molecule has 2 rings (SSSR count). The van der Waals surface area contributed by atoms with Gasteiger partial charge in [0.1, 0.15) is 0 Å². The lowest BCUT2D eigenvalue weighted by Crippen LogP contribution is -2.07. The molecule has 1 aromatic rings. The van der Waals surface area contributed by atoms with Crippen molar-refractivity contribution in [2.75, 3.05) is 18.5 Å². The molecule has 0 atom stereocenters. The fraction of sp³-hybridized carbons (Fsp3) is 0.250. The fourth-order valence-corrected chi connectivity index (χ4v) is 1.76. The zero-order valence-corrected chi connectivity index (χ0v) is 9.92. The summed E-state index contributed by atoms with van der Waals surface area (Å²) in [4.78, 5) is 11.2. The molecule has 1 N–H and O–H groups in total. The van der Waals surface area contributed by atoms with E-state index in [0.29, 0.717) is 35.4 Å². The largest absolute Gasteiger partial charge is 0.489 e. The Hall–Kier alpha value is -1.68. The number of rotatable bonds is 2. The van der Waals surface area contributed by atoms with Gasteiger partial charge in [-0.15, -0.1) is 0 Å². The lowest BCUT2D eigenvalue weighted by Gasteiger charge is -2.11. The number of carbonyl (C=O) groups excluding carboxylic acids is 1. The standard InChI is InChI=1S/C12H12ClNO3/c1-2-11(15)14-8-6-9(13)12-10(7-8)16-4-3-5-17-12/h2,6-7H,1,3-5H2,(H,14,15). The molecule has 1 heterocycles. The number of halogens is 1. The number of amides is 1. The Labute approximate surface area is 104 Å². The molecule has 1 aromatic carbocycles. The van der Waals surface area contributed by atoms with Gasteiger partial charge in [-0.3, -0.25) is 4.79 Å². The third-order valence-corrected chi connectivity index (χ3v) is 2.54. The summed E-state index contributed by atoms with van der Waals surface area (Å²) in [5, 5.41) is 3.05. The van der Waals surface area contributed by atoms with E-state index in [9.17, 15) is 4.79 Å². The van der Waals surface area contributed by atoms with Crippen molar-refractivity contribution in [3.05, 3.63) is 29.8 Å². The van der Waals surface area contributed by atoms with Crippen LogP contribution in [0.4, 0.5) is 5.69 Å². The molecule has 0 radical (unpaired) electrons. The molecular formula is C12H12ClNO3. The van der Waals surface area contributed by atoms with Gasteiger partial charge < -0.3 is 14.8 Å². The first-order valence-electron chi connectivity index (χ1n) is 5.23. The maximum Gasteiger partial charge on any atom is 0.247 e. The smallest absolute Gasteiger partial charge is 0.247 e. The third-order valence-electron chi connectivity index (χ3n) is 2.26. The average molecular weight is 254 g/mol. The molecule has 0 saturated carbocycles. The van der Waals surface area contributed by atoms with Crippen molar-refractivity contribution in [2.45, 2.75) is 6.42 Å². The van der Waals surface area contributed by atoms with Gasteiger partial charge in [-0.2, -0.15) is 0 Å². The molecular weight excluding hydrogens is 242 g/mol. The number of benzene rings is 1. The van der Waals surface area contributed by atoms with Crippen LogP contribution in [0.1, 0.15) is 6.42 Å². The Balaban J connectivity index is 2.31. The molecule has 0 bridgehead atoms. The van der Waals surface area contributed by atoms with E-state index >= 15 is 0 Å². The van der Waals surface area contributed by atoms with Gasteiger partial charge in [-0.1, -0.05) is 18.2 Å². The molecule has 0 saturated heterocycles. The summed E-state index contributed by atoms with van der Waals surface area (Å²) in [5.74, 6) is 0.783. The van der Waals surface area contributed by atoms with E-state index in [1.807, 2.05) is 0 Å². The van der Waals surface area contributed by atoms with Gasteiger partial charge in [-0.25, -0.2) is 0 Å². The van der Waals surface area contributed by atoms with E-state index in [4.69, 9.17) is 21.1 Å². The van der Waals surface area contributed by atoms with Gasteiger partial charge in [0.15, 0.2) is 11.5 Å². The molecule has 0 fully saturated rings. The summed E-state index contributed by atoms with van der Waals surface area (Å²) in [6.45, 7) is 4.53. The highest BCUT2D eigenvalue weighted by molar-refractivity contribution is 6.32. The Bertz CT molecular complexity index is 459. The van der Waals surface area contributed by atoms with Gasteiger partial charge in [0.2, 0.25) is 5.91 Å². The highest BCUT2D eigenvalue weighted by atomic mass is 35.5. The molecule has 4 nitrogen and oxygen atoms in total. The third kappa shape index (κ3) is 2.71. The maximum absolute atomic E-state index is 11.2. The second-order valence-electron chi connectivity index (χ2n) is 3.53. The number of carbonyl (C=O) groups is 1. The molecule has 1 aliphatic rings. The lowest BCUT2D eigenvalue weighted by molar-refractivity contribution is -0.111. The van der Waals surface area contributed by atoms with E-state index in [1.54, 1.807) is 12.1 Å². The molecule has 0 aromatic heterocycles. The van der Waals surface area contributed by atoms with E-state index < -0.39 is 0 Å². The SMILES string of the molecule is C=CC(=O)Nc1cc(Cl)c2c(c1)OCCCO2. The van der Waals surface area contributed by atoms with Crippen molar-refractivity contribution >= 4 is 23.2 Å². The highest BCUT2D eigenvalue weighted by Crippen LogP contribution is 2.39. The average Bonchev–Trinajstić information content (AvgIpc) is 2.54. The van der Waals surface area contributed by atoms with Crippen LogP contribution in [-0.4, -0.2) is 19.1 Å². The number of ether oxygens (including phenoxy) is 2. The highest BCUT2D eigenvalue weighted by Gasteiger charge is 2.15. The van der Waals surface area contributed by atoms with Crippen LogP contribution in [0.5, 0.6) is 11.5 Å². The second-order valence-corrected chi connectivity index (χ2v) is 3.94. The second kappa shape index (κ2) is 5.10. The predicted octanol–water partition coefficient (Wildman–Crippen LogP) is 2.63. The summed E-state index contributed by atoms with van der Waals surface area (Å²) in [6.07, 6.45) is 2.00. The summed E-state index contributed by atoms with van der Waals surface area (Å²) in [6, 6.07) is 3.31. The Kier molecular flexibility index (Phi) is 3.54. The first kappa shape index (κ1) is 11.8. The van der Waals surface area contributed by atoms with Crippen molar-refractivity contribution < 1.29 is 14.3 Å². The molecule has 1 aliphatic heterocycles. The zero-order valence-electron chi connectivity index (χ0n) is 9.16. The van der Waals surface area contributed by atoms with Gasteiger partial charge >= 0.3 is 0 Å². The minimum Gasteiger partial charge on any atom is -0.489 e. The van der Waals surface area contributed by atoms with Crippen LogP contribution in [0.25, 0.3) is 0 Å². The number of fused-ring (bicyclic) bond motifs is 1. The van der Waals surface area contributed by atoms with Crippen LogP contribution >= 0.6 is 11.6 Å². The van der Waals surface area contributed by atoms with Gasteiger partial charge in [0, 0.05) is 18.2 Å². The van der Waals surface area contributed by atoms with Crippen LogP contribution in [-0.2, 0) is 4.79 Å². The number of nitrogens with one attached hydrogen (secondary N) is 1. The first-order valence-corrected chi connectivity index (χ1v) is 5.61. The summed E-state index contributed by atoms with van der Waals surface area (Å²) in [7, 11) is 0. The molecule has 90 valence electrons. The summed E-state index contributed by atoms with van der Waals surface area (Å²) >= 11 is 6.06. The van der Waals surface area contributed by atoms with Crippen molar-refractivity contribution in [3.63, 3.8) is 0 Å². The van der Waals surface area contributed by atoms with E-state index in [-0.39, 0.29) is 5.91 Å². The fourth-order valence-electron chi connectivity index (χ4n) is 1.50. The number of hydrogen-bond acceptors (Lipinski definition) is 3. The van der Waals surface area contributed by atoms with Crippen molar-refractivity contribution in [2.24, 2.45) is 0 Å². The number of anilines is 1. The topological polar surface area (TPSA) is 47.6 Å². The summed E-state index contributed by atoms with van der Waals surface area (Å²) < 4.78 is 11.0. The Morgan fingerprint density at radius 3 is 2.94 bits per heavy atom. The van der Waals surface area contributed by atoms with Crippen LogP contribution in [0.2, 0.25) is 5.02 Å². The number of hydrogen-bond donors (Lipinski definition) is 1. The van der Waals surface area contributed by atoms with Gasteiger partial charge in [-0.05, 0) is 12.1 Å². The van der Waals surface area contributed by atoms with Crippen LogP contribution < -0.4 is 14.8 Å². The minimum atomic E-state index is -0.296. The normalized spacial score (nSPS) is 13.7. The van der Waals surface area contributed by atoms with Crippen molar-refractivity contribution in [3.8, 4) is 11.5 Å². The molecule has 1 amide bonds. The Morgan fingerprint density at radius 1 is 1.41 bits per heavy atom. The van der Waals surface area contributed by atoms with E-state index in [0.717, 1.165) is 6.42 Å². The van der Waals surface area contributed by atoms with Gasteiger partial charge in [0.25, 0.3) is 0 Å². The Morgan fingerprint density at radius 2 is 2.18 bits per heavy atom. The van der Waals surface area contributed by atoms with Crippen molar-refractivity contribution in [1.29, 1.82) is 0 Å². The summed E-state index contributed by atoms with van der Waals surface area (Å²) in [5.41, 5.74) is 0.559. The monoisotopic (exact) mass is 253 g/mol. The molecule has 5 heteroatoms. The predicted molar refractivity (Wildman–Crippen MR) is 65.9 cm³/mol.